The number of sulfonamides is 1. The Bertz CT molecular complexity index is 1110. The van der Waals surface area contributed by atoms with Crippen LogP contribution in [0.25, 0.3) is 0 Å². The van der Waals surface area contributed by atoms with Gasteiger partial charge in [-0.2, -0.15) is 0 Å². The molecule has 0 radical (unpaired) electrons. The van der Waals surface area contributed by atoms with Gasteiger partial charge in [-0.15, -0.1) is 4.40 Å². The highest BCUT2D eigenvalue weighted by atomic mass is 32.2. The zero-order chi connectivity index (χ0) is 19.6. The molecule has 4 heterocycles. The van der Waals surface area contributed by atoms with Crippen LogP contribution in [-0.2, 0) is 14.8 Å². The summed E-state index contributed by atoms with van der Waals surface area (Å²) in [7, 11) is -3.56. The minimum atomic E-state index is -3.56. The van der Waals surface area contributed by atoms with Gasteiger partial charge >= 0.3 is 0 Å². The van der Waals surface area contributed by atoms with Gasteiger partial charge in [0, 0.05) is 30.8 Å². The summed E-state index contributed by atoms with van der Waals surface area (Å²) < 4.78 is 27.4. The highest BCUT2D eigenvalue weighted by molar-refractivity contribution is 7.99. The van der Waals surface area contributed by atoms with Crippen molar-refractivity contribution in [1.29, 1.82) is 0 Å². The molecular formula is C18H15N5O3S2. The molecule has 1 amide bonds. The molecule has 2 aromatic rings. The first kappa shape index (κ1) is 18.4. The molecule has 0 aliphatic carbocycles. The molecule has 0 saturated carbocycles. The SMILES string of the molecule is O=C(Nc1ccnc(Sc2ccccn2)c1)C1=CC=CN2CCS(=O)(=O)N=C12. The summed E-state index contributed by atoms with van der Waals surface area (Å²) in [6.07, 6.45) is 8.24. The molecule has 142 valence electrons. The van der Waals surface area contributed by atoms with Gasteiger partial charge in [0.25, 0.3) is 15.9 Å². The van der Waals surface area contributed by atoms with Gasteiger partial charge in [0.1, 0.15) is 10.1 Å². The number of amidine groups is 1. The van der Waals surface area contributed by atoms with Crippen LogP contribution in [0.3, 0.4) is 0 Å². The van der Waals surface area contributed by atoms with E-state index in [-0.39, 0.29) is 23.7 Å². The lowest BCUT2D eigenvalue weighted by Crippen LogP contribution is -2.40. The van der Waals surface area contributed by atoms with Crippen molar-refractivity contribution in [2.24, 2.45) is 4.40 Å². The summed E-state index contributed by atoms with van der Waals surface area (Å²) in [5.74, 6) is -0.373. The largest absolute Gasteiger partial charge is 0.331 e. The van der Waals surface area contributed by atoms with E-state index in [1.165, 1.54) is 11.8 Å². The monoisotopic (exact) mass is 413 g/mol. The first-order chi connectivity index (χ1) is 13.5. The standard InChI is InChI=1S/C18H15N5O3S2/c24-18(14-4-3-9-23-10-11-28(25,26)22-17(14)23)21-13-6-8-20-16(12-13)27-15-5-1-2-7-19-15/h1-9,12H,10-11H2,(H,20,21,24). The van der Waals surface area contributed by atoms with E-state index in [9.17, 15) is 13.2 Å². The summed E-state index contributed by atoms with van der Waals surface area (Å²) in [5, 5.41) is 4.24. The Kier molecular flexibility index (Phi) is 4.97. The first-order valence-corrected chi connectivity index (χ1v) is 10.8. The van der Waals surface area contributed by atoms with Gasteiger partial charge in [-0.3, -0.25) is 4.79 Å². The number of aromatic nitrogens is 2. The highest BCUT2D eigenvalue weighted by Crippen LogP contribution is 2.26. The van der Waals surface area contributed by atoms with Crippen LogP contribution in [0.4, 0.5) is 5.69 Å². The smallest absolute Gasteiger partial charge is 0.259 e. The van der Waals surface area contributed by atoms with Crippen LogP contribution in [-0.4, -0.2) is 47.3 Å². The number of nitrogens with zero attached hydrogens (tertiary/aromatic N) is 4. The normalized spacial score (nSPS) is 17.4. The Morgan fingerprint density at radius 3 is 2.82 bits per heavy atom. The van der Waals surface area contributed by atoms with Crippen molar-refractivity contribution in [1.82, 2.24) is 14.9 Å². The van der Waals surface area contributed by atoms with Crippen molar-refractivity contribution in [3.63, 3.8) is 0 Å². The third-order valence-corrected chi connectivity index (χ3v) is 5.97. The second kappa shape index (κ2) is 7.56. The van der Waals surface area contributed by atoms with Gasteiger partial charge in [-0.1, -0.05) is 17.8 Å². The summed E-state index contributed by atoms with van der Waals surface area (Å²) in [4.78, 5) is 22.9. The van der Waals surface area contributed by atoms with E-state index >= 15 is 0 Å². The molecule has 2 aromatic heterocycles. The van der Waals surface area contributed by atoms with Gasteiger partial charge in [-0.25, -0.2) is 18.4 Å². The fourth-order valence-corrected chi connectivity index (χ4v) is 4.41. The zero-order valence-electron chi connectivity index (χ0n) is 14.5. The Balaban J connectivity index is 1.54. The molecule has 0 fully saturated rings. The van der Waals surface area contributed by atoms with Crippen molar-refractivity contribution in [3.8, 4) is 0 Å². The number of rotatable bonds is 4. The van der Waals surface area contributed by atoms with Crippen LogP contribution in [0.1, 0.15) is 0 Å². The minimum absolute atomic E-state index is 0.0752. The molecule has 2 aliphatic heterocycles. The van der Waals surface area contributed by atoms with Gasteiger partial charge in [0.2, 0.25) is 0 Å². The first-order valence-electron chi connectivity index (χ1n) is 8.35. The van der Waals surface area contributed by atoms with Crippen LogP contribution in [0.5, 0.6) is 0 Å². The quantitative estimate of drug-likeness (QED) is 0.818. The zero-order valence-corrected chi connectivity index (χ0v) is 16.2. The lowest BCUT2D eigenvalue weighted by molar-refractivity contribution is -0.112. The van der Waals surface area contributed by atoms with Crippen LogP contribution < -0.4 is 5.32 Å². The number of hydrogen-bond acceptors (Lipinski definition) is 7. The van der Waals surface area contributed by atoms with Crippen LogP contribution in [0, 0.1) is 0 Å². The maximum atomic E-state index is 12.7. The molecule has 0 aromatic carbocycles. The Morgan fingerprint density at radius 1 is 1.14 bits per heavy atom. The summed E-state index contributed by atoms with van der Waals surface area (Å²) in [6, 6.07) is 8.98. The van der Waals surface area contributed by atoms with Gasteiger partial charge in [-0.05, 0) is 36.4 Å². The van der Waals surface area contributed by atoms with Crippen molar-refractivity contribution in [3.05, 3.63) is 66.7 Å². The molecule has 4 rings (SSSR count). The van der Waals surface area contributed by atoms with Crippen molar-refractivity contribution in [2.45, 2.75) is 10.1 Å². The van der Waals surface area contributed by atoms with E-state index in [2.05, 4.69) is 19.7 Å². The number of pyridine rings is 2. The Labute approximate surface area is 166 Å². The highest BCUT2D eigenvalue weighted by Gasteiger charge is 2.30. The Hall–Kier alpha value is -2.98. The predicted molar refractivity (Wildman–Crippen MR) is 106 cm³/mol. The number of fused-ring (bicyclic) bond motifs is 1. The van der Waals surface area contributed by atoms with Crippen molar-refractivity contribution in [2.75, 3.05) is 17.6 Å². The number of hydrogen-bond donors (Lipinski definition) is 1. The minimum Gasteiger partial charge on any atom is -0.331 e. The van der Waals surface area contributed by atoms with Crippen LogP contribution in [0.2, 0.25) is 0 Å². The van der Waals surface area contributed by atoms with Crippen LogP contribution >= 0.6 is 11.8 Å². The molecule has 28 heavy (non-hydrogen) atoms. The van der Waals surface area contributed by atoms with E-state index in [1.807, 2.05) is 18.2 Å². The maximum Gasteiger partial charge on any atom is 0.259 e. The van der Waals surface area contributed by atoms with Gasteiger partial charge in [0.15, 0.2) is 5.84 Å². The fraction of sp³-hybridized carbons (Fsp3) is 0.111. The van der Waals surface area contributed by atoms with Crippen LogP contribution in [0.15, 0.2) is 81.1 Å². The average molecular weight is 413 g/mol. The second-order valence-corrected chi connectivity index (χ2v) is 8.72. The third kappa shape index (κ3) is 4.12. The predicted octanol–water partition coefficient (Wildman–Crippen LogP) is 2.06. The molecule has 8 nitrogen and oxygen atoms in total. The van der Waals surface area contributed by atoms with Crippen molar-refractivity contribution >= 4 is 39.2 Å². The molecule has 1 N–H and O–H groups in total. The number of carbonyl (C=O) groups is 1. The topological polar surface area (TPSA) is 105 Å². The van der Waals surface area contributed by atoms with Gasteiger partial charge in [0.05, 0.1) is 11.3 Å². The molecule has 0 atom stereocenters. The molecule has 0 saturated heterocycles. The maximum absolute atomic E-state index is 12.7. The number of allylic oxidation sites excluding steroid dienone is 2. The number of nitrogens with one attached hydrogen (secondary N) is 1. The lowest BCUT2D eigenvalue weighted by Gasteiger charge is -2.28. The fourth-order valence-electron chi connectivity index (χ4n) is 2.65. The lowest BCUT2D eigenvalue weighted by atomic mass is 10.1. The van der Waals surface area contributed by atoms with E-state index in [1.54, 1.807) is 47.8 Å². The number of carbonyl (C=O) groups excluding carboxylic acids is 1. The van der Waals surface area contributed by atoms with E-state index in [0.29, 0.717) is 10.7 Å². The molecule has 2 aliphatic rings. The Morgan fingerprint density at radius 2 is 2.00 bits per heavy atom. The molecule has 0 bridgehead atoms. The van der Waals surface area contributed by atoms with E-state index in [0.717, 1.165) is 5.03 Å². The van der Waals surface area contributed by atoms with Crippen molar-refractivity contribution < 1.29 is 13.2 Å². The van der Waals surface area contributed by atoms with E-state index < -0.39 is 15.9 Å². The summed E-state index contributed by atoms with van der Waals surface area (Å²) >= 11 is 1.37. The summed E-state index contributed by atoms with van der Waals surface area (Å²) in [6.45, 7) is 0.266. The molecule has 0 unspecified atom stereocenters. The second-order valence-electron chi connectivity index (χ2n) is 5.92. The number of anilines is 1. The molecule has 0 spiro atoms. The number of amides is 1. The van der Waals surface area contributed by atoms with E-state index in [4.69, 9.17) is 0 Å². The molecular weight excluding hydrogens is 398 g/mol. The third-order valence-electron chi connectivity index (χ3n) is 3.94. The molecule has 10 heteroatoms. The average Bonchev–Trinajstić information content (AvgIpc) is 2.68. The van der Waals surface area contributed by atoms with Gasteiger partial charge < -0.3 is 10.2 Å². The summed E-state index contributed by atoms with van der Waals surface area (Å²) in [5.41, 5.74) is 0.737.